The number of carbonyl (C=O) groups is 2. The van der Waals surface area contributed by atoms with E-state index in [0.717, 1.165) is 22.3 Å². The number of carbonyl (C=O) groups excluding carboxylic acids is 2. The van der Waals surface area contributed by atoms with Gasteiger partial charge < -0.3 is 14.0 Å². The third-order valence-corrected chi connectivity index (χ3v) is 7.24. The molecular formula is C39H45N7O4. The summed E-state index contributed by atoms with van der Waals surface area (Å²) in [5.41, 5.74) is 4.27. The summed E-state index contributed by atoms with van der Waals surface area (Å²) < 4.78 is 13.6. The predicted octanol–water partition coefficient (Wildman–Crippen LogP) is 9.69. The zero-order chi connectivity index (χ0) is 37.0. The van der Waals surface area contributed by atoms with Crippen LogP contribution in [0.25, 0.3) is 22.2 Å². The lowest BCUT2D eigenvalue weighted by Gasteiger charge is -2.31. The van der Waals surface area contributed by atoms with Crippen molar-refractivity contribution in [2.75, 3.05) is 9.80 Å². The van der Waals surface area contributed by atoms with E-state index in [9.17, 15) is 14.9 Å². The number of anilines is 4. The fourth-order valence-corrected chi connectivity index (χ4v) is 5.32. The Labute approximate surface area is 294 Å². The Kier molecular flexibility index (Phi) is 11.0. The molecule has 0 aliphatic rings. The Morgan fingerprint density at radius 2 is 1.32 bits per heavy atom. The van der Waals surface area contributed by atoms with Crippen LogP contribution < -0.4 is 9.80 Å². The number of nitrogens with zero attached hydrogens (tertiary/aromatic N) is 7. The molecule has 11 nitrogen and oxygen atoms in total. The van der Waals surface area contributed by atoms with Gasteiger partial charge in [0, 0.05) is 25.6 Å². The fraction of sp³-hybridized carbons (Fsp3) is 0.333. The second kappa shape index (κ2) is 14.8. The summed E-state index contributed by atoms with van der Waals surface area (Å²) >= 11 is 0. The van der Waals surface area contributed by atoms with Gasteiger partial charge in [-0.05, 0) is 132 Å². The second-order valence-electron chi connectivity index (χ2n) is 13.5. The van der Waals surface area contributed by atoms with E-state index in [4.69, 9.17) is 19.4 Å². The number of aromatic nitrogens is 4. The van der Waals surface area contributed by atoms with Crippen LogP contribution in [0.15, 0.2) is 73.2 Å². The molecular weight excluding hydrogens is 630 g/mol. The third kappa shape index (κ3) is 8.26. The number of benzene rings is 2. The van der Waals surface area contributed by atoms with Crippen molar-refractivity contribution in [1.82, 2.24) is 19.5 Å². The largest absolute Gasteiger partial charge is 0.443 e. The van der Waals surface area contributed by atoms with Gasteiger partial charge in [-0.1, -0.05) is 13.8 Å². The number of rotatable bonds is 5. The van der Waals surface area contributed by atoms with Crippen molar-refractivity contribution in [1.29, 1.82) is 5.26 Å². The molecule has 0 aliphatic carbocycles. The van der Waals surface area contributed by atoms with Crippen LogP contribution in [0.4, 0.5) is 32.7 Å². The van der Waals surface area contributed by atoms with Crippen molar-refractivity contribution in [3.8, 4) is 17.2 Å². The number of pyridine rings is 1. The molecule has 2 aromatic carbocycles. The lowest BCUT2D eigenvalue weighted by molar-refractivity contribution is 0.0589. The molecule has 0 aliphatic heterocycles. The summed E-state index contributed by atoms with van der Waals surface area (Å²) in [5.74, 6) is 0.182. The maximum absolute atomic E-state index is 14.3. The van der Waals surface area contributed by atoms with E-state index in [1.54, 1.807) is 84.3 Å². The van der Waals surface area contributed by atoms with Crippen molar-refractivity contribution in [2.24, 2.45) is 7.05 Å². The van der Waals surface area contributed by atoms with Gasteiger partial charge in [-0.3, -0.25) is 4.98 Å². The van der Waals surface area contributed by atoms with E-state index in [1.165, 1.54) is 9.80 Å². The van der Waals surface area contributed by atoms with Crippen LogP contribution in [0.5, 0.6) is 0 Å². The van der Waals surface area contributed by atoms with E-state index in [0.29, 0.717) is 28.0 Å². The highest BCUT2D eigenvalue weighted by Crippen LogP contribution is 2.40. The van der Waals surface area contributed by atoms with Crippen LogP contribution in [0.1, 0.15) is 72.1 Å². The molecule has 0 radical (unpaired) electrons. The molecule has 0 unspecified atom stereocenters. The van der Waals surface area contributed by atoms with E-state index in [2.05, 4.69) is 11.1 Å². The van der Waals surface area contributed by atoms with Gasteiger partial charge in [0.15, 0.2) is 5.82 Å². The molecule has 260 valence electrons. The number of hydrogen-bond acceptors (Lipinski definition) is 8. The van der Waals surface area contributed by atoms with Crippen LogP contribution in [-0.2, 0) is 16.5 Å². The van der Waals surface area contributed by atoms with Gasteiger partial charge in [0.05, 0.1) is 28.5 Å². The van der Waals surface area contributed by atoms with Crippen molar-refractivity contribution in [3.05, 3.63) is 89.9 Å². The first-order valence-electron chi connectivity index (χ1n) is 16.5. The number of hydrogen-bond donors (Lipinski definition) is 0. The van der Waals surface area contributed by atoms with Crippen LogP contribution >= 0.6 is 0 Å². The van der Waals surface area contributed by atoms with Gasteiger partial charge in [0.2, 0.25) is 5.95 Å². The van der Waals surface area contributed by atoms with Crippen LogP contribution in [0.2, 0.25) is 0 Å². The first-order chi connectivity index (χ1) is 23.6. The number of ether oxygens (including phenoxy) is 2. The van der Waals surface area contributed by atoms with E-state index in [-0.39, 0.29) is 11.8 Å². The Bertz CT molecular complexity index is 2010. The fourth-order valence-electron chi connectivity index (χ4n) is 5.32. The number of fused-ring (bicyclic) bond motifs is 1. The summed E-state index contributed by atoms with van der Waals surface area (Å²) in [6, 6.07) is 18.2. The average molecular weight is 676 g/mol. The molecule has 2 amide bonds. The summed E-state index contributed by atoms with van der Waals surface area (Å²) in [6.07, 6.45) is 3.90. The topological polar surface area (TPSA) is 126 Å². The summed E-state index contributed by atoms with van der Waals surface area (Å²) in [7, 11) is 1.83. The molecule has 5 aromatic rings. The van der Waals surface area contributed by atoms with E-state index >= 15 is 0 Å². The maximum atomic E-state index is 14.3. The highest BCUT2D eigenvalue weighted by molar-refractivity contribution is 6.05. The maximum Gasteiger partial charge on any atom is 0.421 e. The zero-order valence-corrected chi connectivity index (χ0v) is 30.7. The third-order valence-electron chi connectivity index (χ3n) is 7.24. The molecule has 0 spiro atoms. The second-order valence-corrected chi connectivity index (χ2v) is 13.5. The highest BCUT2D eigenvalue weighted by atomic mass is 16.6. The molecule has 0 fully saturated rings. The smallest absolute Gasteiger partial charge is 0.421 e. The predicted molar refractivity (Wildman–Crippen MR) is 197 cm³/mol. The Hall–Kier alpha value is -5.76. The minimum atomic E-state index is -0.838. The summed E-state index contributed by atoms with van der Waals surface area (Å²) in [4.78, 5) is 44.7. The first-order valence-corrected chi connectivity index (χ1v) is 16.5. The van der Waals surface area contributed by atoms with Crippen molar-refractivity contribution in [2.45, 2.75) is 80.4 Å². The van der Waals surface area contributed by atoms with Crippen LogP contribution in [0, 0.1) is 25.2 Å². The van der Waals surface area contributed by atoms with Crippen molar-refractivity contribution >= 4 is 46.4 Å². The number of nitriles is 1. The van der Waals surface area contributed by atoms with Gasteiger partial charge >= 0.3 is 12.2 Å². The van der Waals surface area contributed by atoms with E-state index in [1.807, 2.05) is 69.8 Å². The SMILES string of the molecule is CC.Cc1cc(-c2ccncc2)cc(C)c1N(C(=O)OC(C)(C)C)c1nc(N(C(=O)OC(C)(C)C)c2ccc(C#N)cc2)nc2ccn(C)c12. The van der Waals surface area contributed by atoms with Gasteiger partial charge in [-0.2, -0.15) is 10.2 Å². The molecule has 11 heteroatoms. The molecule has 50 heavy (non-hydrogen) atoms. The van der Waals surface area contributed by atoms with Crippen molar-refractivity contribution < 1.29 is 19.1 Å². The van der Waals surface area contributed by atoms with Gasteiger partial charge in [-0.25, -0.2) is 24.4 Å². The van der Waals surface area contributed by atoms with Gasteiger partial charge in [-0.15, -0.1) is 0 Å². The van der Waals surface area contributed by atoms with Gasteiger partial charge in [0.25, 0.3) is 0 Å². The molecule has 3 heterocycles. The standard InChI is InChI=1S/C37H39N7O4.C2H6/c1-23-20-27(26-14-17-39-18-15-26)21-24(2)30(23)44(35(46)48-37(6,7)8)32-31-29(16-19-42(31)9)40-33(41-32)43(34(45)47-36(3,4)5)28-12-10-25(22-38)11-13-28;1-2/h10-21H,1-9H3;1-2H3. The molecule has 5 rings (SSSR count). The highest BCUT2D eigenvalue weighted by Gasteiger charge is 2.34. The zero-order valence-electron chi connectivity index (χ0n) is 30.7. The molecule has 0 saturated heterocycles. The van der Waals surface area contributed by atoms with Gasteiger partial charge in [0.1, 0.15) is 16.7 Å². The quantitative estimate of drug-likeness (QED) is 0.180. The monoisotopic (exact) mass is 675 g/mol. The molecule has 0 bridgehead atoms. The number of amides is 2. The molecule has 0 atom stereocenters. The Morgan fingerprint density at radius 3 is 1.84 bits per heavy atom. The normalized spacial score (nSPS) is 11.2. The first kappa shape index (κ1) is 37.1. The summed E-state index contributed by atoms with van der Waals surface area (Å²) in [5, 5.41) is 9.40. The van der Waals surface area contributed by atoms with Crippen LogP contribution in [-0.4, -0.2) is 42.9 Å². The minimum Gasteiger partial charge on any atom is -0.443 e. The lowest BCUT2D eigenvalue weighted by Crippen LogP contribution is -2.37. The van der Waals surface area contributed by atoms with Crippen LogP contribution in [0.3, 0.4) is 0 Å². The van der Waals surface area contributed by atoms with E-state index < -0.39 is 23.4 Å². The molecule has 0 N–H and O–H groups in total. The Balaban J connectivity index is 0.00000276. The van der Waals surface area contributed by atoms with Crippen molar-refractivity contribution in [3.63, 3.8) is 0 Å². The average Bonchev–Trinajstić information content (AvgIpc) is 3.42. The summed E-state index contributed by atoms with van der Waals surface area (Å²) in [6.45, 7) is 18.5. The molecule has 0 saturated carbocycles. The number of aryl methyl sites for hydroxylation is 3. The minimum absolute atomic E-state index is 0.0278. The molecule has 3 aromatic heterocycles. The Morgan fingerprint density at radius 1 is 0.780 bits per heavy atom. The lowest BCUT2D eigenvalue weighted by atomic mass is 9.99.